The molecule has 1 atom stereocenters. The Balaban J connectivity index is 2.71. The highest BCUT2D eigenvalue weighted by Crippen LogP contribution is 2.20. The second-order valence-corrected chi connectivity index (χ2v) is 6.86. The minimum absolute atomic E-state index is 0.0479. The average Bonchev–Trinajstić information content (AvgIpc) is 2.42. The third kappa shape index (κ3) is 5.02. The molecule has 2 N–H and O–H groups in total. The van der Waals surface area contributed by atoms with E-state index in [2.05, 4.69) is 10.0 Å². The van der Waals surface area contributed by atoms with Gasteiger partial charge in [0.2, 0.25) is 0 Å². The molecule has 1 aliphatic rings. The van der Waals surface area contributed by atoms with Crippen molar-refractivity contribution < 1.29 is 8.42 Å². The van der Waals surface area contributed by atoms with Gasteiger partial charge in [0.1, 0.15) is 0 Å². The Morgan fingerprint density at radius 1 is 1.21 bits per heavy atom. The molecule has 1 rings (SSSR count). The number of nitrogens with zero attached hydrogens (tertiary/aromatic N) is 1. The van der Waals surface area contributed by atoms with E-state index in [0.29, 0.717) is 6.54 Å². The Morgan fingerprint density at radius 3 is 2.47 bits per heavy atom. The molecule has 0 bridgehead atoms. The van der Waals surface area contributed by atoms with E-state index in [0.717, 1.165) is 45.2 Å². The van der Waals surface area contributed by atoms with E-state index in [1.807, 2.05) is 20.8 Å². The monoisotopic (exact) mass is 291 g/mol. The number of rotatable bonds is 8. The van der Waals surface area contributed by atoms with Gasteiger partial charge in [-0.05, 0) is 32.2 Å². The first-order chi connectivity index (χ1) is 9.05. The molecule has 6 heteroatoms. The lowest BCUT2D eigenvalue weighted by Crippen LogP contribution is -2.54. The number of likely N-dealkylation sites (N-methyl/N-ethyl adjacent to an activating group) is 1. The van der Waals surface area contributed by atoms with Crippen LogP contribution in [0.15, 0.2) is 0 Å². The van der Waals surface area contributed by atoms with Crippen LogP contribution in [0.5, 0.6) is 0 Å². The van der Waals surface area contributed by atoms with E-state index in [9.17, 15) is 8.42 Å². The van der Waals surface area contributed by atoms with Gasteiger partial charge in [-0.3, -0.25) is 0 Å². The van der Waals surface area contributed by atoms with Crippen LogP contribution in [-0.2, 0) is 10.2 Å². The van der Waals surface area contributed by atoms with Gasteiger partial charge in [-0.15, -0.1) is 0 Å². The maximum atomic E-state index is 12.5. The molecule has 0 aromatic heterocycles. The zero-order valence-corrected chi connectivity index (χ0v) is 13.3. The van der Waals surface area contributed by atoms with Crippen molar-refractivity contribution in [2.45, 2.75) is 65.0 Å². The first-order valence-corrected chi connectivity index (χ1v) is 8.98. The van der Waals surface area contributed by atoms with Crippen molar-refractivity contribution in [2.24, 2.45) is 0 Å². The Labute approximate surface area is 118 Å². The van der Waals surface area contributed by atoms with Gasteiger partial charge >= 0.3 is 0 Å². The zero-order valence-electron chi connectivity index (χ0n) is 12.5. The van der Waals surface area contributed by atoms with Crippen LogP contribution in [0, 0.1) is 0 Å². The second-order valence-electron chi connectivity index (χ2n) is 5.20. The van der Waals surface area contributed by atoms with Crippen molar-refractivity contribution >= 4 is 10.2 Å². The van der Waals surface area contributed by atoms with Crippen LogP contribution in [0.2, 0.25) is 0 Å². The average molecular weight is 291 g/mol. The van der Waals surface area contributed by atoms with Gasteiger partial charge in [-0.1, -0.05) is 27.2 Å². The normalized spacial score (nSPS) is 22.0. The smallest absolute Gasteiger partial charge is 0.279 e. The minimum Gasteiger partial charge on any atom is -0.315 e. The molecule has 0 radical (unpaired) electrons. The predicted octanol–water partition coefficient (Wildman–Crippen LogP) is 1.47. The first-order valence-electron chi connectivity index (χ1n) is 7.54. The van der Waals surface area contributed by atoms with Crippen LogP contribution >= 0.6 is 0 Å². The lowest BCUT2D eigenvalue weighted by molar-refractivity contribution is 0.242. The lowest BCUT2D eigenvalue weighted by atomic mass is 10.1. The third-order valence-electron chi connectivity index (χ3n) is 3.81. The molecule has 114 valence electrons. The molecule has 5 nitrogen and oxygen atoms in total. The zero-order chi connectivity index (χ0) is 14.3. The fourth-order valence-corrected chi connectivity index (χ4v) is 4.37. The summed E-state index contributed by atoms with van der Waals surface area (Å²) in [5, 5.41) is 3.27. The Kier molecular flexibility index (Phi) is 7.28. The summed E-state index contributed by atoms with van der Waals surface area (Å²) in [7, 11) is -3.34. The summed E-state index contributed by atoms with van der Waals surface area (Å²) in [6.07, 6.45) is 4.71. The molecule has 1 unspecified atom stereocenters. The molecule has 0 aromatic carbocycles. The molecular formula is C13H29N3O2S. The fraction of sp³-hybridized carbons (Fsp3) is 1.00. The quantitative estimate of drug-likeness (QED) is 0.712. The van der Waals surface area contributed by atoms with Gasteiger partial charge < -0.3 is 5.32 Å². The molecule has 1 heterocycles. The van der Waals surface area contributed by atoms with Gasteiger partial charge in [0, 0.05) is 25.2 Å². The van der Waals surface area contributed by atoms with Gasteiger partial charge in [0.05, 0.1) is 0 Å². The molecule has 0 aliphatic carbocycles. The van der Waals surface area contributed by atoms with Crippen molar-refractivity contribution in [3.63, 3.8) is 0 Å². The number of piperidine rings is 1. The van der Waals surface area contributed by atoms with Crippen LogP contribution in [0.25, 0.3) is 0 Å². The van der Waals surface area contributed by atoms with E-state index in [1.54, 1.807) is 4.31 Å². The molecule has 0 amide bonds. The molecule has 1 fully saturated rings. The summed E-state index contributed by atoms with van der Waals surface area (Å²) in [5.74, 6) is 0. The van der Waals surface area contributed by atoms with Crippen molar-refractivity contribution in [1.29, 1.82) is 0 Å². The van der Waals surface area contributed by atoms with Gasteiger partial charge in [0.25, 0.3) is 10.2 Å². The largest absolute Gasteiger partial charge is 0.315 e. The van der Waals surface area contributed by atoms with Crippen molar-refractivity contribution in [3.05, 3.63) is 0 Å². The van der Waals surface area contributed by atoms with Crippen LogP contribution < -0.4 is 10.0 Å². The minimum atomic E-state index is -3.34. The van der Waals surface area contributed by atoms with Gasteiger partial charge in [-0.2, -0.15) is 17.4 Å². The van der Waals surface area contributed by atoms with E-state index in [4.69, 9.17) is 0 Å². The van der Waals surface area contributed by atoms with Crippen molar-refractivity contribution in [2.75, 3.05) is 19.6 Å². The summed E-state index contributed by atoms with van der Waals surface area (Å²) in [4.78, 5) is 0. The number of hydrogen-bond acceptors (Lipinski definition) is 3. The number of hydrogen-bond donors (Lipinski definition) is 2. The highest BCUT2D eigenvalue weighted by Gasteiger charge is 2.32. The Hall–Kier alpha value is -0.170. The standard InChI is InChI=1S/C13H29N3O2S/c1-4-12(5-2)15-19(17,18)16-10-8-7-9-13(16)11-14-6-3/h12-15H,4-11H2,1-3H3. The maximum Gasteiger partial charge on any atom is 0.279 e. The Bertz CT molecular complexity index is 342. The predicted molar refractivity (Wildman–Crippen MR) is 79.3 cm³/mol. The van der Waals surface area contributed by atoms with E-state index in [-0.39, 0.29) is 12.1 Å². The highest BCUT2D eigenvalue weighted by molar-refractivity contribution is 7.87. The fourth-order valence-electron chi connectivity index (χ4n) is 2.54. The molecule has 0 aromatic rings. The SMILES string of the molecule is CCNCC1CCCCN1S(=O)(=O)NC(CC)CC. The van der Waals surface area contributed by atoms with Crippen molar-refractivity contribution in [1.82, 2.24) is 14.3 Å². The third-order valence-corrected chi connectivity index (χ3v) is 5.54. The molecule has 19 heavy (non-hydrogen) atoms. The maximum absolute atomic E-state index is 12.5. The second kappa shape index (κ2) is 8.19. The molecular weight excluding hydrogens is 262 g/mol. The molecule has 0 spiro atoms. The molecule has 1 aliphatic heterocycles. The molecule has 0 saturated carbocycles. The van der Waals surface area contributed by atoms with Crippen LogP contribution in [0.3, 0.4) is 0 Å². The Morgan fingerprint density at radius 2 is 1.89 bits per heavy atom. The summed E-state index contributed by atoms with van der Waals surface area (Å²) in [5.41, 5.74) is 0. The summed E-state index contributed by atoms with van der Waals surface area (Å²) in [6, 6.07) is 0.146. The van der Waals surface area contributed by atoms with Crippen LogP contribution in [-0.4, -0.2) is 44.4 Å². The molecule has 1 saturated heterocycles. The summed E-state index contributed by atoms with van der Waals surface area (Å²) < 4.78 is 29.5. The van der Waals surface area contributed by atoms with E-state index in [1.165, 1.54) is 0 Å². The lowest BCUT2D eigenvalue weighted by Gasteiger charge is -2.35. The highest BCUT2D eigenvalue weighted by atomic mass is 32.2. The van der Waals surface area contributed by atoms with Crippen molar-refractivity contribution in [3.8, 4) is 0 Å². The topological polar surface area (TPSA) is 61.4 Å². The van der Waals surface area contributed by atoms with Gasteiger partial charge in [-0.25, -0.2) is 0 Å². The van der Waals surface area contributed by atoms with E-state index < -0.39 is 10.2 Å². The van der Waals surface area contributed by atoms with Crippen LogP contribution in [0.1, 0.15) is 52.9 Å². The van der Waals surface area contributed by atoms with Gasteiger partial charge in [0.15, 0.2) is 0 Å². The first kappa shape index (κ1) is 16.9. The van der Waals surface area contributed by atoms with Crippen LogP contribution in [0.4, 0.5) is 0 Å². The summed E-state index contributed by atoms with van der Waals surface area (Å²) in [6.45, 7) is 8.35. The number of nitrogens with one attached hydrogen (secondary N) is 2. The summed E-state index contributed by atoms with van der Waals surface area (Å²) >= 11 is 0. The van der Waals surface area contributed by atoms with E-state index >= 15 is 0 Å².